The molecule has 2 N–H and O–H groups in total. The molecule has 0 aromatic carbocycles. The lowest BCUT2D eigenvalue weighted by atomic mass is 10.2. The highest BCUT2D eigenvalue weighted by Crippen LogP contribution is 2.11. The molecular formula is C19H29IN6O2. The fourth-order valence-electron chi connectivity index (χ4n) is 2.85. The van der Waals surface area contributed by atoms with Crippen molar-refractivity contribution >= 4 is 29.9 Å². The van der Waals surface area contributed by atoms with Gasteiger partial charge in [-0.05, 0) is 30.9 Å². The van der Waals surface area contributed by atoms with Crippen LogP contribution in [0.4, 0.5) is 0 Å². The summed E-state index contributed by atoms with van der Waals surface area (Å²) in [7, 11) is 1.77. The van der Waals surface area contributed by atoms with Crippen LogP contribution in [0.1, 0.15) is 24.8 Å². The fourth-order valence-corrected chi connectivity index (χ4v) is 2.85. The Bertz CT molecular complexity index is 687. The molecule has 1 aliphatic heterocycles. The molecule has 2 aromatic rings. The molecule has 0 amide bonds. The topological polar surface area (TPSA) is 85.6 Å². The first kappa shape index (κ1) is 22.6. The van der Waals surface area contributed by atoms with Crippen molar-refractivity contribution in [1.82, 2.24) is 25.2 Å². The summed E-state index contributed by atoms with van der Waals surface area (Å²) in [6.45, 7) is 3.77. The number of halogens is 1. The van der Waals surface area contributed by atoms with Crippen LogP contribution in [0.2, 0.25) is 0 Å². The van der Waals surface area contributed by atoms with E-state index in [9.17, 15) is 0 Å². The van der Waals surface area contributed by atoms with E-state index in [4.69, 9.17) is 9.47 Å². The second-order valence-corrected chi connectivity index (χ2v) is 6.41. The van der Waals surface area contributed by atoms with Crippen molar-refractivity contribution in [3.8, 4) is 5.82 Å². The van der Waals surface area contributed by atoms with Gasteiger partial charge in [-0.1, -0.05) is 6.07 Å². The van der Waals surface area contributed by atoms with E-state index in [1.165, 1.54) is 0 Å². The third kappa shape index (κ3) is 7.36. The van der Waals surface area contributed by atoms with E-state index in [1.807, 2.05) is 29.1 Å². The molecule has 28 heavy (non-hydrogen) atoms. The van der Waals surface area contributed by atoms with Crippen molar-refractivity contribution in [1.29, 1.82) is 0 Å². The molecule has 1 fully saturated rings. The number of guanidine groups is 1. The molecule has 2 aromatic heterocycles. The maximum Gasteiger partial charge on any atom is 0.191 e. The molecule has 1 saturated heterocycles. The summed E-state index contributed by atoms with van der Waals surface area (Å²) in [6.07, 6.45) is 10.7. The molecule has 0 spiro atoms. The van der Waals surface area contributed by atoms with Gasteiger partial charge < -0.3 is 20.1 Å². The molecule has 3 rings (SSSR count). The number of aliphatic imine (C=N–C) groups is 1. The fraction of sp³-hybridized carbons (Fsp3) is 0.526. The normalized spacial score (nSPS) is 16.6. The van der Waals surface area contributed by atoms with Crippen LogP contribution in [0.3, 0.4) is 0 Å². The molecule has 0 radical (unpaired) electrons. The number of hydrogen-bond donors (Lipinski definition) is 2. The van der Waals surface area contributed by atoms with Crippen molar-refractivity contribution in [2.45, 2.75) is 31.9 Å². The van der Waals surface area contributed by atoms with Crippen LogP contribution in [-0.2, 0) is 16.0 Å². The first-order chi connectivity index (χ1) is 13.3. The number of hydrogen-bond acceptors (Lipinski definition) is 5. The van der Waals surface area contributed by atoms with Gasteiger partial charge >= 0.3 is 0 Å². The van der Waals surface area contributed by atoms with Crippen LogP contribution in [0.15, 0.2) is 42.0 Å². The summed E-state index contributed by atoms with van der Waals surface area (Å²) >= 11 is 0. The van der Waals surface area contributed by atoms with Crippen molar-refractivity contribution in [2.24, 2.45) is 4.99 Å². The SMILES string of the molecule is CN=C(NCCCOCC1CCCO1)NCc1ccc(-n2ccnc2)nc1.I. The van der Waals surface area contributed by atoms with Gasteiger partial charge in [-0.15, -0.1) is 24.0 Å². The van der Waals surface area contributed by atoms with Gasteiger partial charge in [-0.25, -0.2) is 9.97 Å². The minimum absolute atomic E-state index is 0. The quantitative estimate of drug-likeness (QED) is 0.238. The van der Waals surface area contributed by atoms with Crippen molar-refractivity contribution < 1.29 is 9.47 Å². The highest BCUT2D eigenvalue weighted by Gasteiger charge is 2.14. The van der Waals surface area contributed by atoms with Crippen LogP contribution in [0.5, 0.6) is 0 Å². The first-order valence-electron chi connectivity index (χ1n) is 9.42. The average molecular weight is 500 g/mol. The molecule has 1 atom stereocenters. The minimum atomic E-state index is 0. The van der Waals surface area contributed by atoms with E-state index in [-0.39, 0.29) is 24.0 Å². The van der Waals surface area contributed by atoms with Gasteiger partial charge in [0, 0.05) is 51.9 Å². The molecule has 3 heterocycles. The average Bonchev–Trinajstić information content (AvgIpc) is 3.41. The summed E-state index contributed by atoms with van der Waals surface area (Å²) in [6, 6.07) is 4.02. The summed E-state index contributed by atoms with van der Waals surface area (Å²) in [5.74, 6) is 1.62. The Morgan fingerprint density at radius 2 is 2.32 bits per heavy atom. The number of rotatable bonds is 9. The lowest BCUT2D eigenvalue weighted by molar-refractivity contribution is 0.0168. The molecule has 0 bridgehead atoms. The Morgan fingerprint density at radius 3 is 3.00 bits per heavy atom. The second-order valence-electron chi connectivity index (χ2n) is 6.41. The zero-order valence-electron chi connectivity index (χ0n) is 16.2. The summed E-state index contributed by atoms with van der Waals surface area (Å²) in [5.41, 5.74) is 1.08. The van der Waals surface area contributed by atoms with E-state index in [2.05, 4.69) is 25.6 Å². The largest absolute Gasteiger partial charge is 0.379 e. The second kappa shape index (κ2) is 12.7. The van der Waals surface area contributed by atoms with Gasteiger partial charge in [-0.3, -0.25) is 9.56 Å². The lowest BCUT2D eigenvalue weighted by Crippen LogP contribution is -2.37. The Balaban J connectivity index is 0.00000280. The molecule has 9 heteroatoms. The minimum Gasteiger partial charge on any atom is -0.379 e. The summed E-state index contributed by atoms with van der Waals surface area (Å²) in [4.78, 5) is 12.7. The third-order valence-electron chi connectivity index (χ3n) is 4.35. The van der Waals surface area contributed by atoms with Crippen LogP contribution >= 0.6 is 24.0 Å². The smallest absolute Gasteiger partial charge is 0.191 e. The first-order valence-corrected chi connectivity index (χ1v) is 9.42. The van der Waals surface area contributed by atoms with Crippen molar-refractivity contribution in [3.05, 3.63) is 42.6 Å². The standard InChI is InChI=1S/C19H28N6O2.HI/c1-20-19(22-7-3-10-26-14-17-4-2-11-27-17)24-13-16-5-6-18(23-12-16)25-9-8-21-15-25;/h5-6,8-9,12,15,17H,2-4,7,10-11,13-14H2,1H3,(H2,20,22,24);1H. The zero-order valence-corrected chi connectivity index (χ0v) is 18.5. The number of nitrogens with zero attached hydrogens (tertiary/aromatic N) is 4. The van der Waals surface area contributed by atoms with E-state index in [1.54, 1.807) is 19.6 Å². The molecular weight excluding hydrogens is 471 g/mol. The number of imidazole rings is 1. The van der Waals surface area contributed by atoms with Gasteiger partial charge in [0.1, 0.15) is 12.1 Å². The maximum absolute atomic E-state index is 5.66. The predicted octanol–water partition coefficient (Wildman–Crippen LogP) is 2.14. The van der Waals surface area contributed by atoms with Crippen LogP contribution in [0.25, 0.3) is 5.82 Å². The van der Waals surface area contributed by atoms with Crippen LogP contribution in [-0.4, -0.2) is 60.0 Å². The van der Waals surface area contributed by atoms with E-state index in [0.29, 0.717) is 19.3 Å². The van der Waals surface area contributed by atoms with Gasteiger partial charge in [-0.2, -0.15) is 0 Å². The predicted molar refractivity (Wildman–Crippen MR) is 119 cm³/mol. The van der Waals surface area contributed by atoms with Gasteiger partial charge in [0.15, 0.2) is 5.96 Å². The number of nitrogens with one attached hydrogen (secondary N) is 2. The van der Waals surface area contributed by atoms with E-state index < -0.39 is 0 Å². The van der Waals surface area contributed by atoms with Gasteiger partial charge in [0.2, 0.25) is 0 Å². The maximum atomic E-state index is 5.66. The highest BCUT2D eigenvalue weighted by atomic mass is 127. The molecule has 0 aliphatic carbocycles. The molecule has 0 saturated carbocycles. The summed E-state index contributed by atoms with van der Waals surface area (Å²) < 4.78 is 13.1. The van der Waals surface area contributed by atoms with Gasteiger partial charge in [0.05, 0.1) is 12.7 Å². The van der Waals surface area contributed by atoms with Crippen molar-refractivity contribution in [2.75, 3.05) is 33.4 Å². The van der Waals surface area contributed by atoms with Crippen molar-refractivity contribution in [3.63, 3.8) is 0 Å². The Labute approximate surface area is 183 Å². The molecule has 1 aliphatic rings. The molecule has 8 nitrogen and oxygen atoms in total. The Kier molecular flexibility index (Phi) is 10.2. The van der Waals surface area contributed by atoms with E-state index >= 15 is 0 Å². The monoisotopic (exact) mass is 500 g/mol. The highest BCUT2D eigenvalue weighted by molar-refractivity contribution is 14.0. The number of aromatic nitrogens is 3. The number of pyridine rings is 1. The Hall–Kier alpha value is -1.72. The van der Waals surface area contributed by atoms with Crippen LogP contribution < -0.4 is 10.6 Å². The molecule has 1 unspecified atom stereocenters. The Morgan fingerprint density at radius 1 is 1.39 bits per heavy atom. The zero-order chi connectivity index (χ0) is 18.7. The van der Waals surface area contributed by atoms with Gasteiger partial charge in [0.25, 0.3) is 0 Å². The van der Waals surface area contributed by atoms with Crippen LogP contribution in [0, 0.1) is 0 Å². The summed E-state index contributed by atoms with van der Waals surface area (Å²) in [5, 5.41) is 6.59. The third-order valence-corrected chi connectivity index (χ3v) is 4.35. The lowest BCUT2D eigenvalue weighted by Gasteiger charge is -2.13. The molecule has 154 valence electrons. The van der Waals surface area contributed by atoms with E-state index in [0.717, 1.165) is 56.4 Å². The number of ether oxygens (including phenoxy) is 2.